The largest absolute Gasteiger partial charge is 0.497 e. The van der Waals surface area contributed by atoms with E-state index in [2.05, 4.69) is 29.2 Å². The molecule has 0 saturated carbocycles. The van der Waals surface area contributed by atoms with Crippen LogP contribution >= 0.6 is 0 Å². The summed E-state index contributed by atoms with van der Waals surface area (Å²) in [6.07, 6.45) is 1.55. The lowest BCUT2D eigenvalue weighted by Crippen LogP contribution is -2.36. The van der Waals surface area contributed by atoms with Gasteiger partial charge in [-0.25, -0.2) is 0 Å². The summed E-state index contributed by atoms with van der Waals surface area (Å²) in [5, 5.41) is 6.58. The molecular formula is C16H25N3O3. The first-order chi connectivity index (χ1) is 10.7. The zero-order chi connectivity index (χ0) is 16.2. The van der Waals surface area contributed by atoms with Gasteiger partial charge in [0.2, 0.25) is 0 Å². The fourth-order valence-corrected chi connectivity index (χ4v) is 1.86. The summed E-state index contributed by atoms with van der Waals surface area (Å²) < 4.78 is 5.11. The Bertz CT molecular complexity index is 473. The number of nitrogens with one attached hydrogen (secondary N) is 1. The van der Waals surface area contributed by atoms with E-state index >= 15 is 0 Å². The molecular weight excluding hydrogens is 282 g/mol. The second-order valence-electron chi connectivity index (χ2n) is 4.66. The quantitative estimate of drug-likeness (QED) is 0.526. The molecule has 0 spiro atoms. The van der Waals surface area contributed by atoms with E-state index in [1.807, 2.05) is 24.3 Å². The number of methoxy groups -OCH3 is 1. The van der Waals surface area contributed by atoms with Crippen molar-refractivity contribution >= 4 is 12.1 Å². The van der Waals surface area contributed by atoms with Crippen LogP contribution in [0.3, 0.4) is 0 Å². The summed E-state index contributed by atoms with van der Waals surface area (Å²) in [7, 11) is 1.61. The second-order valence-corrected chi connectivity index (χ2v) is 4.66. The zero-order valence-corrected chi connectivity index (χ0v) is 13.5. The van der Waals surface area contributed by atoms with Crippen molar-refractivity contribution < 1.29 is 14.4 Å². The molecule has 0 aliphatic heterocycles. The predicted octanol–water partition coefficient (Wildman–Crippen LogP) is 1.50. The molecule has 1 N–H and O–H groups in total. The van der Waals surface area contributed by atoms with Crippen molar-refractivity contribution in [1.29, 1.82) is 0 Å². The standard InChI is InChI=1S/C16H25N3O3/c1-4-19(5-2)10-9-17-16(20)13-22-18-12-14-7-6-8-15(11-14)21-3/h6-8,11-12H,4-5,9-10,13H2,1-3H3,(H,17,20)/b18-12+. The lowest BCUT2D eigenvalue weighted by atomic mass is 10.2. The third-order valence-corrected chi connectivity index (χ3v) is 3.21. The van der Waals surface area contributed by atoms with Crippen molar-refractivity contribution in [2.24, 2.45) is 5.16 Å². The fourth-order valence-electron chi connectivity index (χ4n) is 1.86. The van der Waals surface area contributed by atoms with E-state index in [4.69, 9.17) is 9.57 Å². The summed E-state index contributed by atoms with van der Waals surface area (Å²) in [5.41, 5.74) is 0.848. The second kappa shape index (κ2) is 10.6. The number of hydrogen-bond donors (Lipinski definition) is 1. The molecule has 0 saturated heterocycles. The molecule has 1 amide bonds. The Hall–Kier alpha value is -2.08. The number of nitrogens with zero attached hydrogens (tertiary/aromatic N) is 2. The number of hydrogen-bond acceptors (Lipinski definition) is 5. The molecule has 22 heavy (non-hydrogen) atoms. The van der Waals surface area contributed by atoms with Gasteiger partial charge in [0, 0.05) is 13.1 Å². The van der Waals surface area contributed by atoms with Crippen molar-refractivity contribution in [2.75, 3.05) is 39.9 Å². The van der Waals surface area contributed by atoms with Crippen LogP contribution in [0, 0.1) is 0 Å². The van der Waals surface area contributed by atoms with Crippen LogP contribution in [-0.4, -0.2) is 56.9 Å². The number of likely N-dealkylation sites (N-methyl/N-ethyl adjacent to an activating group) is 1. The summed E-state index contributed by atoms with van der Waals surface area (Å²) in [5.74, 6) is 0.577. The van der Waals surface area contributed by atoms with E-state index in [1.54, 1.807) is 13.3 Å². The molecule has 6 heteroatoms. The van der Waals surface area contributed by atoms with Gasteiger partial charge in [-0.1, -0.05) is 31.1 Å². The Balaban J connectivity index is 2.22. The van der Waals surface area contributed by atoms with Crippen LogP contribution < -0.4 is 10.1 Å². The number of carbonyl (C=O) groups excluding carboxylic acids is 1. The number of ether oxygens (including phenoxy) is 1. The third kappa shape index (κ3) is 7.08. The van der Waals surface area contributed by atoms with Crippen LogP contribution in [0.2, 0.25) is 0 Å². The van der Waals surface area contributed by atoms with Crippen LogP contribution in [0.5, 0.6) is 5.75 Å². The highest BCUT2D eigenvalue weighted by Gasteiger charge is 2.02. The van der Waals surface area contributed by atoms with Crippen LogP contribution in [0.4, 0.5) is 0 Å². The van der Waals surface area contributed by atoms with Gasteiger partial charge in [-0.15, -0.1) is 0 Å². The number of benzene rings is 1. The van der Waals surface area contributed by atoms with E-state index in [-0.39, 0.29) is 12.5 Å². The van der Waals surface area contributed by atoms with Gasteiger partial charge in [-0.3, -0.25) is 4.79 Å². The zero-order valence-electron chi connectivity index (χ0n) is 13.5. The van der Waals surface area contributed by atoms with Crippen molar-refractivity contribution in [3.63, 3.8) is 0 Å². The van der Waals surface area contributed by atoms with Gasteiger partial charge in [0.1, 0.15) is 5.75 Å². The van der Waals surface area contributed by atoms with E-state index in [9.17, 15) is 4.79 Å². The molecule has 1 rings (SSSR count). The summed E-state index contributed by atoms with van der Waals surface area (Å²) in [6, 6.07) is 7.41. The van der Waals surface area contributed by atoms with Crippen LogP contribution in [0.1, 0.15) is 19.4 Å². The number of rotatable bonds is 10. The summed E-state index contributed by atoms with van der Waals surface area (Å²) in [4.78, 5) is 18.8. The van der Waals surface area contributed by atoms with Crippen LogP contribution in [0.15, 0.2) is 29.4 Å². The SMILES string of the molecule is CCN(CC)CCNC(=O)CO/N=C/c1cccc(OC)c1. The average Bonchev–Trinajstić information content (AvgIpc) is 2.56. The van der Waals surface area contributed by atoms with Crippen molar-refractivity contribution in [1.82, 2.24) is 10.2 Å². The predicted molar refractivity (Wildman–Crippen MR) is 87.3 cm³/mol. The number of oxime groups is 1. The lowest BCUT2D eigenvalue weighted by Gasteiger charge is -2.17. The molecule has 122 valence electrons. The Morgan fingerprint density at radius 3 is 2.82 bits per heavy atom. The highest BCUT2D eigenvalue weighted by atomic mass is 16.6. The minimum atomic E-state index is -0.171. The molecule has 1 aromatic carbocycles. The van der Waals surface area contributed by atoms with Gasteiger partial charge >= 0.3 is 0 Å². The molecule has 0 atom stereocenters. The Kier molecular flexibility index (Phi) is 8.67. The molecule has 1 aromatic rings. The van der Waals surface area contributed by atoms with Gasteiger partial charge in [-0.05, 0) is 30.8 Å². The minimum absolute atomic E-state index is 0.0846. The molecule has 6 nitrogen and oxygen atoms in total. The van der Waals surface area contributed by atoms with E-state index in [1.165, 1.54) is 0 Å². The summed E-state index contributed by atoms with van der Waals surface area (Å²) >= 11 is 0. The lowest BCUT2D eigenvalue weighted by molar-refractivity contribution is -0.125. The maximum atomic E-state index is 11.6. The first-order valence-corrected chi connectivity index (χ1v) is 7.48. The average molecular weight is 307 g/mol. The maximum absolute atomic E-state index is 11.6. The molecule has 0 aromatic heterocycles. The topological polar surface area (TPSA) is 63.2 Å². The minimum Gasteiger partial charge on any atom is -0.497 e. The highest BCUT2D eigenvalue weighted by Crippen LogP contribution is 2.10. The first kappa shape index (κ1) is 18.0. The highest BCUT2D eigenvalue weighted by molar-refractivity contribution is 5.80. The van der Waals surface area contributed by atoms with Crippen LogP contribution in [0.25, 0.3) is 0 Å². The fraction of sp³-hybridized carbons (Fsp3) is 0.500. The van der Waals surface area contributed by atoms with E-state index in [0.29, 0.717) is 6.54 Å². The van der Waals surface area contributed by atoms with Crippen molar-refractivity contribution in [2.45, 2.75) is 13.8 Å². The van der Waals surface area contributed by atoms with Crippen LogP contribution in [-0.2, 0) is 9.63 Å². The monoisotopic (exact) mass is 307 g/mol. The molecule has 0 aliphatic rings. The smallest absolute Gasteiger partial charge is 0.260 e. The maximum Gasteiger partial charge on any atom is 0.260 e. The summed E-state index contributed by atoms with van der Waals surface area (Å²) in [6.45, 7) is 7.53. The molecule has 0 radical (unpaired) electrons. The van der Waals surface area contributed by atoms with Gasteiger partial charge in [-0.2, -0.15) is 0 Å². The number of amides is 1. The van der Waals surface area contributed by atoms with Crippen molar-refractivity contribution in [3.05, 3.63) is 29.8 Å². The Morgan fingerprint density at radius 1 is 1.36 bits per heavy atom. The first-order valence-electron chi connectivity index (χ1n) is 7.48. The van der Waals surface area contributed by atoms with E-state index < -0.39 is 0 Å². The van der Waals surface area contributed by atoms with E-state index in [0.717, 1.165) is 30.9 Å². The molecule has 0 fully saturated rings. The van der Waals surface area contributed by atoms with Gasteiger partial charge in [0.15, 0.2) is 6.61 Å². The normalized spacial score (nSPS) is 10.9. The Labute approximate surface area is 132 Å². The van der Waals surface area contributed by atoms with Crippen molar-refractivity contribution in [3.8, 4) is 5.75 Å². The number of carbonyl (C=O) groups is 1. The third-order valence-electron chi connectivity index (χ3n) is 3.21. The van der Waals surface area contributed by atoms with Gasteiger partial charge in [0.25, 0.3) is 5.91 Å². The molecule has 0 bridgehead atoms. The molecule has 0 aliphatic carbocycles. The van der Waals surface area contributed by atoms with Gasteiger partial charge < -0.3 is 19.8 Å². The molecule has 0 heterocycles. The van der Waals surface area contributed by atoms with Gasteiger partial charge in [0.05, 0.1) is 13.3 Å². The Morgan fingerprint density at radius 2 is 2.14 bits per heavy atom. The molecule has 0 unspecified atom stereocenters.